The normalized spacial score (nSPS) is 10.8. The first-order valence-electron chi connectivity index (χ1n) is 6.53. The van der Waals surface area contributed by atoms with E-state index in [-0.39, 0.29) is 6.42 Å². The van der Waals surface area contributed by atoms with Gasteiger partial charge < -0.3 is 10.1 Å². The van der Waals surface area contributed by atoms with Crippen molar-refractivity contribution in [3.8, 4) is 11.1 Å². The van der Waals surface area contributed by atoms with Gasteiger partial charge in [-0.1, -0.05) is 30.3 Å². The highest BCUT2D eigenvalue weighted by Crippen LogP contribution is 2.28. The molecule has 0 radical (unpaired) electrons. The topological polar surface area (TPSA) is 53.1 Å². The fourth-order valence-corrected chi connectivity index (χ4v) is 2.55. The largest absolute Gasteiger partial charge is 0.481 e. The summed E-state index contributed by atoms with van der Waals surface area (Å²) in [6.07, 6.45) is 1.82. The Balaban J connectivity index is 2.14. The molecule has 20 heavy (non-hydrogen) atoms. The van der Waals surface area contributed by atoms with Crippen LogP contribution in [0.5, 0.6) is 0 Å². The van der Waals surface area contributed by atoms with Gasteiger partial charge in [0, 0.05) is 17.1 Å². The van der Waals surface area contributed by atoms with E-state index in [0.717, 1.165) is 22.0 Å². The Hall–Kier alpha value is -2.55. The molecule has 0 fully saturated rings. The Morgan fingerprint density at radius 2 is 2.00 bits per heavy atom. The minimum absolute atomic E-state index is 0.0389. The molecule has 2 N–H and O–H groups in total. The lowest BCUT2D eigenvalue weighted by molar-refractivity contribution is -0.136. The number of hydrogen-bond donors (Lipinski definition) is 2. The van der Waals surface area contributed by atoms with Crippen LogP contribution in [0.2, 0.25) is 0 Å². The number of nitrogens with one attached hydrogen (secondary N) is 1. The molecule has 1 aromatic heterocycles. The fourth-order valence-electron chi connectivity index (χ4n) is 2.55. The molecule has 0 bridgehead atoms. The molecule has 0 saturated carbocycles. The summed E-state index contributed by atoms with van der Waals surface area (Å²) in [5.41, 5.74) is 5.29. The lowest BCUT2D eigenvalue weighted by Crippen LogP contribution is -1.98. The molecule has 3 aromatic rings. The molecule has 3 rings (SSSR count). The molecule has 0 aliphatic rings. The zero-order valence-corrected chi connectivity index (χ0v) is 11.2. The molecule has 1 heterocycles. The predicted octanol–water partition coefficient (Wildman–Crippen LogP) is 3.77. The van der Waals surface area contributed by atoms with Crippen LogP contribution in [0.15, 0.2) is 48.7 Å². The first kappa shape index (κ1) is 12.5. The molecular formula is C17H15NO2. The summed E-state index contributed by atoms with van der Waals surface area (Å²) in [5, 5.41) is 9.94. The number of rotatable bonds is 3. The van der Waals surface area contributed by atoms with Gasteiger partial charge in [0.1, 0.15) is 0 Å². The van der Waals surface area contributed by atoms with E-state index in [4.69, 9.17) is 5.11 Å². The first-order chi connectivity index (χ1) is 9.65. The molecule has 2 aromatic carbocycles. The predicted molar refractivity (Wildman–Crippen MR) is 79.8 cm³/mol. The van der Waals surface area contributed by atoms with Crippen LogP contribution in [-0.4, -0.2) is 16.1 Å². The van der Waals surface area contributed by atoms with Gasteiger partial charge in [-0.05, 0) is 41.3 Å². The molecule has 0 unspecified atom stereocenters. The number of carboxylic acids is 1. The quantitative estimate of drug-likeness (QED) is 0.757. The van der Waals surface area contributed by atoms with E-state index in [2.05, 4.69) is 36.2 Å². The zero-order valence-electron chi connectivity index (χ0n) is 11.2. The van der Waals surface area contributed by atoms with E-state index < -0.39 is 5.97 Å². The van der Waals surface area contributed by atoms with Crippen molar-refractivity contribution in [2.45, 2.75) is 13.3 Å². The SMILES string of the molecule is Cc1ccccc1-c1ccc2[nH]cc(CC(=O)O)c2c1. The van der Waals surface area contributed by atoms with Crippen LogP contribution in [0, 0.1) is 6.92 Å². The fraction of sp³-hybridized carbons (Fsp3) is 0.118. The van der Waals surface area contributed by atoms with Crippen LogP contribution in [0.25, 0.3) is 22.0 Å². The third-order valence-electron chi connectivity index (χ3n) is 3.57. The molecule has 0 saturated heterocycles. The number of carbonyl (C=O) groups is 1. The molecule has 0 spiro atoms. The standard InChI is InChI=1S/C17H15NO2/c1-11-4-2-3-5-14(11)12-6-7-16-15(8-12)13(10-18-16)9-17(19)20/h2-8,10,18H,9H2,1H3,(H,19,20). The summed E-state index contributed by atoms with van der Waals surface area (Å²) < 4.78 is 0. The van der Waals surface area contributed by atoms with Crippen molar-refractivity contribution < 1.29 is 9.90 Å². The second-order valence-corrected chi connectivity index (χ2v) is 4.96. The maximum Gasteiger partial charge on any atom is 0.307 e. The third kappa shape index (κ3) is 2.18. The van der Waals surface area contributed by atoms with Crippen LogP contribution in [0.4, 0.5) is 0 Å². The van der Waals surface area contributed by atoms with Gasteiger partial charge in [0.15, 0.2) is 0 Å². The Kier molecular flexibility index (Phi) is 3.03. The number of fused-ring (bicyclic) bond motifs is 1. The van der Waals surface area contributed by atoms with Crippen LogP contribution in [0.1, 0.15) is 11.1 Å². The number of benzene rings is 2. The zero-order chi connectivity index (χ0) is 14.1. The van der Waals surface area contributed by atoms with Gasteiger partial charge in [0.2, 0.25) is 0 Å². The summed E-state index contributed by atoms with van der Waals surface area (Å²) in [6.45, 7) is 2.08. The summed E-state index contributed by atoms with van der Waals surface area (Å²) in [4.78, 5) is 14.0. The van der Waals surface area contributed by atoms with E-state index in [1.165, 1.54) is 11.1 Å². The molecule has 3 heteroatoms. The number of H-pyrrole nitrogens is 1. The number of aromatic amines is 1. The van der Waals surface area contributed by atoms with Crippen LogP contribution >= 0.6 is 0 Å². The lowest BCUT2D eigenvalue weighted by Gasteiger charge is -2.06. The summed E-state index contributed by atoms with van der Waals surface area (Å²) in [6, 6.07) is 14.3. The Morgan fingerprint density at radius 3 is 2.75 bits per heavy atom. The smallest absolute Gasteiger partial charge is 0.307 e. The Morgan fingerprint density at radius 1 is 1.20 bits per heavy atom. The van der Waals surface area contributed by atoms with Crippen molar-refractivity contribution >= 4 is 16.9 Å². The van der Waals surface area contributed by atoms with Crippen LogP contribution in [-0.2, 0) is 11.2 Å². The van der Waals surface area contributed by atoms with Crippen molar-refractivity contribution in [3.05, 3.63) is 59.8 Å². The van der Waals surface area contributed by atoms with E-state index in [1.54, 1.807) is 6.20 Å². The minimum Gasteiger partial charge on any atom is -0.481 e. The molecule has 0 aliphatic carbocycles. The summed E-state index contributed by atoms with van der Waals surface area (Å²) in [7, 11) is 0. The maximum absolute atomic E-state index is 10.9. The Labute approximate surface area is 116 Å². The van der Waals surface area contributed by atoms with E-state index in [1.807, 2.05) is 18.2 Å². The van der Waals surface area contributed by atoms with E-state index >= 15 is 0 Å². The number of carboxylic acid groups (broad SMARTS) is 1. The highest BCUT2D eigenvalue weighted by molar-refractivity contribution is 5.90. The third-order valence-corrected chi connectivity index (χ3v) is 3.57. The second-order valence-electron chi connectivity index (χ2n) is 4.96. The van der Waals surface area contributed by atoms with Crippen molar-refractivity contribution in [1.82, 2.24) is 4.98 Å². The van der Waals surface area contributed by atoms with Crippen molar-refractivity contribution in [3.63, 3.8) is 0 Å². The number of aromatic nitrogens is 1. The highest BCUT2D eigenvalue weighted by Gasteiger charge is 2.09. The first-order valence-corrected chi connectivity index (χ1v) is 6.53. The maximum atomic E-state index is 10.9. The molecule has 0 aliphatic heterocycles. The monoisotopic (exact) mass is 265 g/mol. The number of hydrogen-bond acceptors (Lipinski definition) is 1. The molecular weight excluding hydrogens is 250 g/mol. The number of aliphatic carboxylic acids is 1. The molecule has 0 amide bonds. The summed E-state index contributed by atoms with van der Waals surface area (Å²) in [5.74, 6) is -0.813. The van der Waals surface area contributed by atoms with E-state index in [0.29, 0.717) is 0 Å². The van der Waals surface area contributed by atoms with Crippen LogP contribution in [0.3, 0.4) is 0 Å². The minimum atomic E-state index is -0.813. The van der Waals surface area contributed by atoms with Crippen molar-refractivity contribution in [1.29, 1.82) is 0 Å². The van der Waals surface area contributed by atoms with Gasteiger partial charge in [-0.15, -0.1) is 0 Å². The van der Waals surface area contributed by atoms with Gasteiger partial charge >= 0.3 is 5.97 Å². The number of aryl methyl sites for hydroxylation is 1. The summed E-state index contributed by atoms with van der Waals surface area (Å²) >= 11 is 0. The lowest BCUT2D eigenvalue weighted by atomic mass is 9.98. The van der Waals surface area contributed by atoms with Gasteiger partial charge in [0.25, 0.3) is 0 Å². The van der Waals surface area contributed by atoms with Gasteiger partial charge in [-0.3, -0.25) is 4.79 Å². The molecule has 100 valence electrons. The average molecular weight is 265 g/mol. The molecule has 0 atom stereocenters. The van der Waals surface area contributed by atoms with Crippen molar-refractivity contribution in [2.24, 2.45) is 0 Å². The molecule has 3 nitrogen and oxygen atoms in total. The van der Waals surface area contributed by atoms with Gasteiger partial charge in [0.05, 0.1) is 6.42 Å². The average Bonchev–Trinajstić information content (AvgIpc) is 2.81. The second kappa shape index (κ2) is 4.85. The Bertz CT molecular complexity index is 787. The van der Waals surface area contributed by atoms with E-state index in [9.17, 15) is 4.79 Å². The highest BCUT2D eigenvalue weighted by atomic mass is 16.4. The van der Waals surface area contributed by atoms with Crippen LogP contribution < -0.4 is 0 Å². The van der Waals surface area contributed by atoms with Gasteiger partial charge in [-0.2, -0.15) is 0 Å². The van der Waals surface area contributed by atoms with Crippen molar-refractivity contribution in [2.75, 3.05) is 0 Å². The van der Waals surface area contributed by atoms with Gasteiger partial charge in [-0.25, -0.2) is 0 Å².